The van der Waals surface area contributed by atoms with Gasteiger partial charge < -0.3 is 25.2 Å². The first-order valence-corrected chi connectivity index (χ1v) is 14.8. The zero-order chi connectivity index (χ0) is 29.1. The van der Waals surface area contributed by atoms with Crippen LogP contribution in [0.2, 0.25) is 0 Å². The number of ether oxygens (including phenoxy) is 1. The highest BCUT2D eigenvalue weighted by atomic mass is 32.2. The minimum atomic E-state index is -4.03. The van der Waals surface area contributed by atoms with Gasteiger partial charge in [0.05, 0.1) is 13.2 Å². The summed E-state index contributed by atoms with van der Waals surface area (Å²) < 4.78 is 48.2. The molecule has 2 aliphatic rings. The van der Waals surface area contributed by atoms with Gasteiger partial charge in [-0.25, -0.2) is 17.6 Å². The summed E-state index contributed by atoms with van der Waals surface area (Å²) in [7, 11) is -2.44. The van der Waals surface area contributed by atoms with E-state index in [1.54, 1.807) is 26.1 Å². The fraction of sp³-hybridized carbons (Fsp3) is 0.483. The number of anilines is 1. The molecular formula is C29H36FN3O6S. The number of halogens is 1. The maximum absolute atomic E-state index is 13.7. The third-order valence-electron chi connectivity index (χ3n) is 7.43. The predicted octanol–water partition coefficient (Wildman–Crippen LogP) is 3.41. The number of carbonyl (C=O) groups excluding carboxylic acids is 1. The summed E-state index contributed by atoms with van der Waals surface area (Å²) >= 11 is 0. The third-order valence-corrected chi connectivity index (χ3v) is 9.45. The molecule has 0 radical (unpaired) electrons. The lowest BCUT2D eigenvalue weighted by Crippen LogP contribution is -2.50. The number of rotatable bonds is 5. The van der Waals surface area contributed by atoms with Gasteiger partial charge in [-0.2, -0.15) is 4.31 Å². The van der Waals surface area contributed by atoms with Crippen molar-refractivity contribution in [2.75, 3.05) is 32.1 Å². The van der Waals surface area contributed by atoms with Crippen LogP contribution in [0.5, 0.6) is 5.75 Å². The minimum Gasteiger partial charge on any atom is -0.487 e. The van der Waals surface area contributed by atoms with Crippen LogP contribution in [0.25, 0.3) is 0 Å². The molecule has 0 bridgehead atoms. The van der Waals surface area contributed by atoms with Crippen LogP contribution < -0.4 is 10.1 Å². The first kappa shape index (κ1) is 29.8. The van der Waals surface area contributed by atoms with Crippen LogP contribution in [-0.2, 0) is 10.0 Å². The van der Waals surface area contributed by atoms with Crippen molar-refractivity contribution in [1.29, 1.82) is 0 Å². The maximum atomic E-state index is 13.7. The molecule has 0 aromatic heterocycles. The van der Waals surface area contributed by atoms with Crippen molar-refractivity contribution in [3.63, 3.8) is 0 Å². The van der Waals surface area contributed by atoms with Gasteiger partial charge >= 0.3 is 6.03 Å². The highest BCUT2D eigenvalue weighted by molar-refractivity contribution is 7.89. The molecule has 1 heterocycles. The second-order valence-corrected chi connectivity index (χ2v) is 12.6. The number of sulfonamides is 1. The number of nitrogens with one attached hydrogen (secondary N) is 1. The molecule has 1 aliphatic carbocycles. The molecule has 4 rings (SSSR count). The first-order chi connectivity index (χ1) is 18.9. The molecule has 3 atom stereocenters. The van der Waals surface area contributed by atoms with Gasteiger partial charge in [-0.05, 0) is 75.1 Å². The van der Waals surface area contributed by atoms with Gasteiger partial charge in [-0.3, -0.25) is 0 Å². The normalized spacial score (nSPS) is 22.4. The van der Waals surface area contributed by atoms with Crippen molar-refractivity contribution in [3.8, 4) is 17.6 Å². The quantitative estimate of drug-likeness (QED) is 0.472. The zero-order valence-electron chi connectivity index (χ0n) is 22.9. The summed E-state index contributed by atoms with van der Waals surface area (Å²) in [6.07, 6.45) is 2.37. The minimum absolute atomic E-state index is 0.0618. The van der Waals surface area contributed by atoms with Crippen LogP contribution in [0.1, 0.15) is 45.1 Å². The Morgan fingerprint density at radius 2 is 1.93 bits per heavy atom. The van der Waals surface area contributed by atoms with Gasteiger partial charge in [-0.1, -0.05) is 18.8 Å². The number of benzene rings is 2. The molecule has 9 nitrogen and oxygen atoms in total. The maximum Gasteiger partial charge on any atom is 0.321 e. The average molecular weight is 574 g/mol. The van der Waals surface area contributed by atoms with E-state index < -0.39 is 39.6 Å². The molecular weight excluding hydrogens is 537 g/mol. The van der Waals surface area contributed by atoms with Crippen molar-refractivity contribution >= 4 is 21.7 Å². The van der Waals surface area contributed by atoms with E-state index in [0.717, 1.165) is 12.8 Å². The van der Waals surface area contributed by atoms with Gasteiger partial charge in [0.2, 0.25) is 10.0 Å². The Bertz CT molecular complexity index is 1380. The lowest BCUT2D eigenvalue weighted by Gasteiger charge is -2.37. The van der Waals surface area contributed by atoms with Gasteiger partial charge in [0.25, 0.3) is 0 Å². The lowest BCUT2D eigenvalue weighted by molar-refractivity contribution is 0.0830. The molecule has 2 aromatic rings. The number of carbonyl (C=O) groups is 1. The SMILES string of the molecule is C[C@H]1CN([C@@H](C)CO)S(=O)(=O)c2ccc(C#CC3(O)CCCC3)cc2O[C@@H]1CN(C)C(=O)Nc1ccc(F)cc1. The predicted molar refractivity (Wildman–Crippen MR) is 149 cm³/mol. The molecule has 40 heavy (non-hydrogen) atoms. The van der Waals surface area contributed by atoms with E-state index in [2.05, 4.69) is 17.2 Å². The first-order valence-electron chi connectivity index (χ1n) is 13.4. The van der Waals surface area contributed by atoms with Gasteiger partial charge in [0, 0.05) is 36.8 Å². The van der Waals surface area contributed by atoms with E-state index in [4.69, 9.17) is 4.74 Å². The number of urea groups is 1. The topological polar surface area (TPSA) is 119 Å². The average Bonchev–Trinajstić information content (AvgIpc) is 3.36. The van der Waals surface area contributed by atoms with E-state index in [1.807, 2.05) is 6.92 Å². The van der Waals surface area contributed by atoms with E-state index >= 15 is 0 Å². The Morgan fingerprint density at radius 1 is 1.25 bits per heavy atom. The molecule has 0 spiro atoms. The lowest BCUT2D eigenvalue weighted by atomic mass is 10.0. The summed E-state index contributed by atoms with van der Waals surface area (Å²) in [5.74, 6) is 5.21. The smallest absolute Gasteiger partial charge is 0.321 e. The van der Waals surface area contributed by atoms with Crippen molar-refractivity contribution < 1.29 is 32.6 Å². The Hall–Kier alpha value is -3.17. The van der Waals surface area contributed by atoms with E-state index in [0.29, 0.717) is 24.1 Å². The number of aliphatic hydroxyl groups is 2. The molecule has 1 saturated carbocycles. The molecule has 2 aromatic carbocycles. The summed E-state index contributed by atoms with van der Waals surface area (Å²) in [4.78, 5) is 14.2. The van der Waals surface area contributed by atoms with E-state index in [-0.39, 0.29) is 36.3 Å². The summed E-state index contributed by atoms with van der Waals surface area (Å²) in [6, 6.07) is 8.83. The molecule has 3 N–H and O–H groups in total. The van der Waals surface area contributed by atoms with Crippen molar-refractivity contribution in [2.45, 2.75) is 62.2 Å². The van der Waals surface area contributed by atoms with E-state index in [9.17, 15) is 27.8 Å². The number of amides is 2. The standard InChI is InChI=1S/C29H36FN3O6S/c1-20-17-33(21(2)19-34)40(37,38)27-11-6-22(12-15-29(36)13-4-5-14-29)16-25(27)39-26(20)18-32(3)28(35)31-24-9-7-23(30)8-10-24/h6-11,16,20-21,26,34,36H,4-5,13-14,17-19H2,1-3H3,(H,31,35)/t20-,21-,26+/m0/s1. The van der Waals surface area contributed by atoms with Gasteiger partial charge in [0.15, 0.2) is 0 Å². The molecule has 1 aliphatic heterocycles. The Balaban J connectivity index is 1.65. The summed E-state index contributed by atoms with van der Waals surface area (Å²) in [5.41, 5.74) is -0.135. The Morgan fingerprint density at radius 3 is 2.58 bits per heavy atom. The number of aliphatic hydroxyl groups excluding tert-OH is 1. The van der Waals surface area contributed by atoms with Crippen LogP contribution in [0.15, 0.2) is 47.4 Å². The second-order valence-electron chi connectivity index (χ2n) is 10.7. The fourth-order valence-electron chi connectivity index (χ4n) is 4.90. The zero-order valence-corrected chi connectivity index (χ0v) is 23.7. The number of likely N-dealkylation sites (N-methyl/N-ethyl adjacent to an activating group) is 1. The third kappa shape index (κ3) is 6.75. The monoisotopic (exact) mass is 573 g/mol. The highest BCUT2D eigenvalue weighted by Crippen LogP contribution is 2.34. The Kier molecular flexibility index (Phi) is 9.05. The number of fused-ring (bicyclic) bond motifs is 1. The fourth-order valence-corrected chi connectivity index (χ4v) is 6.73. The molecule has 0 saturated heterocycles. The molecule has 216 valence electrons. The molecule has 0 unspecified atom stereocenters. The van der Waals surface area contributed by atoms with Crippen molar-refractivity contribution in [1.82, 2.24) is 9.21 Å². The second kappa shape index (κ2) is 12.1. The summed E-state index contributed by atoms with van der Waals surface area (Å²) in [5, 5.41) is 23.2. The van der Waals surface area contributed by atoms with Crippen molar-refractivity contribution in [2.24, 2.45) is 5.92 Å². The highest BCUT2D eigenvalue weighted by Gasteiger charge is 2.38. The van der Waals surface area contributed by atoms with Crippen LogP contribution >= 0.6 is 0 Å². The van der Waals surface area contributed by atoms with Crippen molar-refractivity contribution in [3.05, 3.63) is 53.8 Å². The van der Waals surface area contributed by atoms with Gasteiger partial charge in [-0.15, -0.1) is 0 Å². The summed E-state index contributed by atoms with van der Waals surface area (Å²) in [6.45, 7) is 3.27. The van der Waals surface area contributed by atoms with Gasteiger partial charge in [0.1, 0.15) is 28.2 Å². The Labute approximate surface area is 235 Å². The van der Waals surface area contributed by atoms with Crippen LogP contribution in [-0.4, -0.2) is 78.4 Å². The van der Waals surface area contributed by atoms with Crippen LogP contribution in [0.3, 0.4) is 0 Å². The number of hydrogen-bond acceptors (Lipinski definition) is 6. The van der Waals surface area contributed by atoms with E-state index in [1.165, 1.54) is 39.5 Å². The number of nitrogens with zero attached hydrogens (tertiary/aromatic N) is 2. The van der Waals surface area contributed by atoms with Crippen LogP contribution in [0.4, 0.5) is 14.9 Å². The molecule has 11 heteroatoms. The number of hydrogen-bond donors (Lipinski definition) is 3. The van der Waals surface area contributed by atoms with Crippen LogP contribution in [0, 0.1) is 23.6 Å². The molecule has 1 fully saturated rings. The molecule has 2 amide bonds. The largest absolute Gasteiger partial charge is 0.487 e.